The Hall–Kier alpha value is -1.39. The van der Waals surface area contributed by atoms with Crippen LogP contribution in [-0.4, -0.2) is 35.3 Å². The van der Waals surface area contributed by atoms with Gasteiger partial charge in [0.1, 0.15) is 6.54 Å². The molecule has 0 bridgehead atoms. The second kappa shape index (κ2) is 4.23. The van der Waals surface area contributed by atoms with Gasteiger partial charge in [-0.25, -0.2) is 0 Å². The van der Waals surface area contributed by atoms with Gasteiger partial charge in [-0.1, -0.05) is 13.8 Å². The zero-order chi connectivity index (χ0) is 12.5. The molecule has 1 heterocycles. The predicted molar refractivity (Wildman–Crippen MR) is 56.3 cm³/mol. The summed E-state index contributed by atoms with van der Waals surface area (Å²) in [6.45, 7) is 6.55. The molecule has 0 spiro atoms. The van der Waals surface area contributed by atoms with Crippen LogP contribution >= 0.6 is 0 Å². The number of ether oxygens (including phenoxy) is 1. The molecule has 1 saturated heterocycles. The van der Waals surface area contributed by atoms with Crippen molar-refractivity contribution in [3.63, 3.8) is 0 Å². The molecule has 16 heavy (non-hydrogen) atoms. The molecule has 0 radical (unpaired) electrons. The first-order valence-electron chi connectivity index (χ1n) is 5.28. The second-order valence-electron chi connectivity index (χ2n) is 4.88. The third-order valence-corrected chi connectivity index (χ3v) is 2.37. The van der Waals surface area contributed by atoms with Gasteiger partial charge in [0, 0.05) is 6.42 Å². The Kier molecular flexibility index (Phi) is 3.35. The summed E-state index contributed by atoms with van der Waals surface area (Å²) < 4.78 is 4.89. The monoisotopic (exact) mass is 227 g/mol. The number of likely N-dealkylation sites (tertiary alicyclic amines) is 1. The van der Waals surface area contributed by atoms with Gasteiger partial charge in [-0.3, -0.25) is 19.3 Å². The maximum Gasteiger partial charge on any atom is 0.326 e. The van der Waals surface area contributed by atoms with E-state index >= 15 is 0 Å². The highest BCUT2D eigenvalue weighted by Crippen LogP contribution is 2.31. The summed E-state index contributed by atoms with van der Waals surface area (Å²) in [5, 5.41) is 0. The molecule has 0 aromatic carbocycles. The zero-order valence-corrected chi connectivity index (χ0v) is 10.1. The van der Waals surface area contributed by atoms with Crippen molar-refractivity contribution >= 4 is 17.8 Å². The van der Waals surface area contributed by atoms with E-state index in [1.165, 1.54) is 0 Å². The quantitative estimate of drug-likeness (QED) is 0.526. The Morgan fingerprint density at radius 3 is 2.38 bits per heavy atom. The van der Waals surface area contributed by atoms with Crippen LogP contribution in [0.3, 0.4) is 0 Å². The maximum atomic E-state index is 11.8. The number of amides is 2. The first-order valence-corrected chi connectivity index (χ1v) is 5.28. The second-order valence-corrected chi connectivity index (χ2v) is 4.88. The lowest BCUT2D eigenvalue weighted by Crippen LogP contribution is -2.38. The number of hydrogen-bond acceptors (Lipinski definition) is 4. The van der Waals surface area contributed by atoms with Crippen molar-refractivity contribution in [2.45, 2.75) is 40.2 Å². The van der Waals surface area contributed by atoms with Crippen LogP contribution in [0.1, 0.15) is 34.1 Å². The van der Waals surface area contributed by atoms with Crippen molar-refractivity contribution in [2.24, 2.45) is 5.41 Å². The Morgan fingerprint density at radius 1 is 1.44 bits per heavy atom. The van der Waals surface area contributed by atoms with Gasteiger partial charge < -0.3 is 4.74 Å². The van der Waals surface area contributed by atoms with Crippen molar-refractivity contribution in [3.05, 3.63) is 0 Å². The fraction of sp³-hybridized carbons (Fsp3) is 0.727. The van der Waals surface area contributed by atoms with Gasteiger partial charge in [0.25, 0.3) is 0 Å². The number of nitrogens with zero attached hydrogens (tertiary/aromatic N) is 1. The van der Waals surface area contributed by atoms with E-state index in [1.54, 1.807) is 27.7 Å². The molecule has 0 saturated carbocycles. The Balaban J connectivity index is 2.65. The van der Waals surface area contributed by atoms with Crippen molar-refractivity contribution < 1.29 is 19.1 Å². The molecule has 1 fully saturated rings. The average molecular weight is 227 g/mol. The molecular weight excluding hydrogens is 210 g/mol. The molecule has 2 amide bonds. The molecule has 0 N–H and O–H groups in total. The minimum atomic E-state index is -0.699. The van der Waals surface area contributed by atoms with Crippen LogP contribution in [-0.2, 0) is 19.1 Å². The molecule has 0 aromatic heterocycles. The van der Waals surface area contributed by atoms with Crippen LogP contribution in [0.15, 0.2) is 0 Å². The van der Waals surface area contributed by atoms with Gasteiger partial charge >= 0.3 is 5.97 Å². The smallest absolute Gasteiger partial charge is 0.326 e. The van der Waals surface area contributed by atoms with Crippen LogP contribution in [0.2, 0.25) is 0 Å². The normalized spacial score (nSPS) is 19.4. The van der Waals surface area contributed by atoms with E-state index in [2.05, 4.69) is 0 Å². The summed E-state index contributed by atoms with van der Waals surface area (Å²) in [4.78, 5) is 35.6. The Labute approximate surface area is 94.7 Å². The minimum absolute atomic E-state index is 0.154. The largest absolute Gasteiger partial charge is 0.462 e. The molecule has 0 unspecified atom stereocenters. The van der Waals surface area contributed by atoms with Crippen molar-refractivity contribution in [3.8, 4) is 0 Å². The van der Waals surface area contributed by atoms with Crippen LogP contribution in [0.4, 0.5) is 0 Å². The Bertz CT molecular complexity index is 333. The van der Waals surface area contributed by atoms with E-state index in [4.69, 9.17) is 4.74 Å². The van der Waals surface area contributed by atoms with Crippen molar-refractivity contribution in [1.82, 2.24) is 4.90 Å². The first kappa shape index (κ1) is 12.7. The topological polar surface area (TPSA) is 63.7 Å². The number of carbonyl (C=O) groups excluding carboxylic acids is 3. The molecule has 0 atom stereocenters. The number of esters is 1. The van der Waals surface area contributed by atoms with Gasteiger partial charge in [-0.05, 0) is 13.8 Å². The molecule has 5 heteroatoms. The van der Waals surface area contributed by atoms with Gasteiger partial charge in [0.05, 0.1) is 11.5 Å². The van der Waals surface area contributed by atoms with Crippen LogP contribution in [0, 0.1) is 5.41 Å². The van der Waals surface area contributed by atoms with Crippen molar-refractivity contribution in [2.75, 3.05) is 6.54 Å². The number of rotatable bonds is 3. The van der Waals surface area contributed by atoms with E-state index in [0.29, 0.717) is 0 Å². The van der Waals surface area contributed by atoms with Crippen LogP contribution in [0.5, 0.6) is 0 Å². The highest BCUT2D eigenvalue weighted by molar-refractivity contribution is 6.07. The molecule has 1 aliphatic rings. The molecule has 5 nitrogen and oxygen atoms in total. The minimum Gasteiger partial charge on any atom is -0.462 e. The lowest BCUT2D eigenvalue weighted by Gasteiger charge is -2.17. The predicted octanol–water partition coefficient (Wildman–Crippen LogP) is 0.723. The summed E-state index contributed by atoms with van der Waals surface area (Å²) >= 11 is 0. The first-order chi connectivity index (χ1) is 7.24. The van der Waals surface area contributed by atoms with Gasteiger partial charge in [-0.15, -0.1) is 0 Å². The molecule has 0 aromatic rings. The summed E-state index contributed by atoms with van der Waals surface area (Å²) in [5.74, 6) is -1.16. The molecule has 90 valence electrons. The fourth-order valence-corrected chi connectivity index (χ4v) is 1.62. The maximum absolute atomic E-state index is 11.8. The third-order valence-electron chi connectivity index (χ3n) is 2.37. The fourth-order valence-electron chi connectivity index (χ4n) is 1.62. The van der Waals surface area contributed by atoms with E-state index in [-0.39, 0.29) is 30.9 Å². The number of hydrogen-bond donors (Lipinski definition) is 0. The van der Waals surface area contributed by atoms with Crippen LogP contribution in [0.25, 0.3) is 0 Å². The molecule has 0 aliphatic carbocycles. The standard InChI is InChI=1S/C11H17NO4/c1-7(2)16-9(14)6-12-8(13)5-11(3,4)10(12)15/h7H,5-6H2,1-4H3. The number of carbonyl (C=O) groups is 3. The molecule has 1 rings (SSSR count). The van der Waals surface area contributed by atoms with E-state index < -0.39 is 11.4 Å². The van der Waals surface area contributed by atoms with Gasteiger partial charge in [0.2, 0.25) is 11.8 Å². The van der Waals surface area contributed by atoms with Crippen molar-refractivity contribution in [1.29, 1.82) is 0 Å². The number of imide groups is 1. The van der Waals surface area contributed by atoms with E-state index in [1.807, 2.05) is 0 Å². The summed E-state index contributed by atoms with van der Waals surface area (Å²) in [5.41, 5.74) is -0.699. The lowest BCUT2D eigenvalue weighted by molar-refractivity contribution is -0.155. The SMILES string of the molecule is CC(C)OC(=O)CN1C(=O)CC(C)(C)C1=O. The summed E-state index contributed by atoms with van der Waals surface area (Å²) in [7, 11) is 0. The summed E-state index contributed by atoms with van der Waals surface area (Å²) in [6.07, 6.45) is -0.0887. The zero-order valence-electron chi connectivity index (χ0n) is 10.1. The average Bonchev–Trinajstić information content (AvgIpc) is 2.26. The molecule has 1 aliphatic heterocycles. The van der Waals surface area contributed by atoms with Gasteiger partial charge in [0.15, 0.2) is 0 Å². The Morgan fingerprint density at radius 2 is 2.00 bits per heavy atom. The van der Waals surface area contributed by atoms with Crippen LogP contribution < -0.4 is 0 Å². The molecular formula is C11H17NO4. The highest BCUT2D eigenvalue weighted by atomic mass is 16.5. The lowest BCUT2D eigenvalue weighted by atomic mass is 9.92. The summed E-state index contributed by atoms with van der Waals surface area (Å²) in [6, 6.07) is 0. The van der Waals surface area contributed by atoms with E-state index in [0.717, 1.165) is 4.90 Å². The third kappa shape index (κ3) is 2.59. The van der Waals surface area contributed by atoms with E-state index in [9.17, 15) is 14.4 Å². The highest BCUT2D eigenvalue weighted by Gasteiger charge is 2.45. The van der Waals surface area contributed by atoms with Gasteiger partial charge in [-0.2, -0.15) is 0 Å².